The van der Waals surface area contributed by atoms with Crippen LogP contribution in [0.1, 0.15) is 42.5 Å². The average molecular weight is 301 g/mol. The molecule has 110 valence electrons. The maximum Gasteiger partial charge on any atom is 0.232 e. The van der Waals surface area contributed by atoms with Gasteiger partial charge in [-0.15, -0.1) is 0 Å². The number of hydrogen-bond donors (Lipinski definition) is 0. The number of nitriles is 1. The van der Waals surface area contributed by atoms with Gasteiger partial charge >= 0.3 is 0 Å². The molecule has 0 bridgehead atoms. The van der Waals surface area contributed by atoms with Crippen LogP contribution >= 0.6 is 11.8 Å². The standard InChI is InChI=1S/C16H19N3OS/c17-10-13-9-12-5-4-6-14(12)18-16(13)21-11-15(20)19-7-2-1-3-8-19/h9H,1-8,11H2. The van der Waals surface area contributed by atoms with Crippen LogP contribution in [0.3, 0.4) is 0 Å². The quantitative estimate of drug-likeness (QED) is 0.805. The molecular weight excluding hydrogens is 282 g/mol. The van der Waals surface area contributed by atoms with E-state index in [1.807, 2.05) is 11.0 Å². The second kappa shape index (κ2) is 6.48. The molecule has 1 aliphatic heterocycles. The van der Waals surface area contributed by atoms with Gasteiger partial charge in [0.15, 0.2) is 0 Å². The molecule has 0 spiro atoms. The number of aromatic nitrogens is 1. The third kappa shape index (κ3) is 3.21. The van der Waals surface area contributed by atoms with Gasteiger partial charge in [0.05, 0.1) is 11.3 Å². The predicted octanol–water partition coefficient (Wildman–Crippen LogP) is 2.55. The van der Waals surface area contributed by atoms with Crippen LogP contribution in [0, 0.1) is 11.3 Å². The highest BCUT2D eigenvalue weighted by atomic mass is 32.2. The Balaban J connectivity index is 1.67. The second-order valence-electron chi connectivity index (χ2n) is 5.64. The number of fused-ring (bicyclic) bond motifs is 1. The van der Waals surface area contributed by atoms with Crippen molar-refractivity contribution in [3.63, 3.8) is 0 Å². The molecule has 5 heteroatoms. The third-order valence-corrected chi connectivity index (χ3v) is 5.15. The average Bonchev–Trinajstić information content (AvgIpc) is 2.99. The van der Waals surface area contributed by atoms with E-state index in [9.17, 15) is 10.1 Å². The summed E-state index contributed by atoms with van der Waals surface area (Å²) in [5.74, 6) is 0.561. The molecule has 2 aliphatic rings. The minimum atomic E-state index is 0.172. The van der Waals surface area contributed by atoms with Gasteiger partial charge < -0.3 is 4.90 Å². The molecule has 1 aromatic heterocycles. The number of nitrogens with zero attached hydrogens (tertiary/aromatic N) is 3. The third-order valence-electron chi connectivity index (χ3n) is 4.18. The van der Waals surface area contributed by atoms with Gasteiger partial charge in [-0.1, -0.05) is 11.8 Å². The fraction of sp³-hybridized carbons (Fsp3) is 0.562. The zero-order valence-electron chi connectivity index (χ0n) is 12.1. The molecule has 4 nitrogen and oxygen atoms in total. The minimum absolute atomic E-state index is 0.172. The molecule has 1 amide bonds. The Hall–Kier alpha value is -1.54. The molecule has 0 N–H and O–H groups in total. The summed E-state index contributed by atoms with van der Waals surface area (Å²) >= 11 is 1.41. The van der Waals surface area contributed by atoms with Crippen molar-refractivity contribution < 1.29 is 4.79 Å². The van der Waals surface area contributed by atoms with Crippen molar-refractivity contribution in [2.24, 2.45) is 0 Å². The number of aryl methyl sites for hydroxylation is 2. The van der Waals surface area contributed by atoms with Crippen LogP contribution in [-0.4, -0.2) is 34.6 Å². The van der Waals surface area contributed by atoms with Gasteiger partial charge in [0.25, 0.3) is 0 Å². The molecule has 0 saturated carbocycles. The summed E-state index contributed by atoms with van der Waals surface area (Å²) in [6.45, 7) is 1.75. The van der Waals surface area contributed by atoms with Gasteiger partial charge in [0.2, 0.25) is 5.91 Å². The van der Waals surface area contributed by atoms with Crippen LogP contribution in [0.5, 0.6) is 0 Å². The number of amides is 1. The largest absolute Gasteiger partial charge is 0.342 e. The number of rotatable bonds is 3. The maximum absolute atomic E-state index is 12.2. The topological polar surface area (TPSA) is 57.0 Å². The fourth-order valence-electron chi connectivity index (χ4n) is 3.01. The summed E-state index contributed by atoms with van der Waals surface area (Å²) in [6, 6.07) is 4.18. The van der Waals surface area contributed by atoms with Crippen molar-refractivity contribution in [3.05, 3.63) is 22.9 Å². The lowest BCUT2D eigenvalue weighted by Crippen LogP contribution is -2.36. The second-order valence-corrected chi connectivity index (χ2v) is 6.61. The summed E-state index contributed by atoms with van der Waals surface area (Å²) in [4.78, 5) is 18.8. The van der Waals surface area contributed by atoms with Gasteiger partial charge in [-0.25, -0.2) is 4.98 Å². The highest BCUT2D eigenvalue weighted by molar-refractivity contribution is 7.99. The normalized spacial score (nSPS) is 17.4. The summed E-state index contributed by atoms with van der Waals surface area (Å²) < 4.78 is 0. The molecule has 21 heavy (non-hydrogen) atoms. The molecule has 0 unspecified atom stereocenters. The highest BCUT2D eigenvalue weighted by Crippen LogP contribution is 2.28. The molecule has 1 fully saturated rings. The zero-order valence-corrected chi connectivity index (χ0v) is 12.9. The zero-order chi connectivity index (χ0) is 14.7. The van der Waals surface area contributed by atoms with E-state index in [0.29, 0.717) is 11.3 Å². The van der Waals surface area contributed by atoms with Crippen LogP contribution in [0.2, 0.25) is 0 Å². The van der Waals surface area contributed by atoms with Crippen molar-refractivity contribution in [3.8, 4) is 6.07 Å². The van der Waals surface area contributed by atoms with Crippen molar-refractivity contribution in [2.75, 3.05) is 18.8 Å². The molecule has 3 rings (SSSR count). The van der Waals surface area contributed by atoms with E-state index < -0.39 is 0 Å². The first-order chi connectivity index (χ1) is 10.3. The van der Waals surface area contributed by atoms with E-state index >= 15 is 0 Å². The summed E-state index contributed by atoms with van der Waals surface area (Å²) in [5, 5.41) is 9.99. The van der Waals surface area contributed by atoms with Crippen molar-refractivity contribution in [1.82, 2.24) is 9.88 Å². The molecule has 1 aliphatic carbocycles. The number of likely N-dealkylation sites (tertiary alicyclic amines) is 1. The van der Waals surface area contributed by atoms with E-state index in [1.54, 1.807) is 0 Å². The lowest BCUT2D eigenvalue weighted by atomic mass is 10.1. The minimum Gasteiger partial charge on any atom is -0.342 e. The first-order valence-corrected chi connectivity index (χ1v) is 8.60. The Kier molecular flexibility index (Phi) is 4.45. The Bertz CT molecular complexity index is 588. The molecule has 2 heterocycles. The summed E-state index contributed by atoms with van der Waals surface area (Å²) in [5.41, 5.74) is 2.94. The molecule has 0 radical (unpaired) electrons. The monoisotopic (exact) mass is 301 g/mol. The van der Waals surface area contributed by atoms with E-state index in [2.05, 4.69) is 11.1 Å². The predicted molar refractivity (Wildman–Crippen MR) is 82.1 cm³/mol. The fourth-order valence-corrected chi connectivity index (χ4v) is 3.89. The Morgan fingerprint density at radius 2 is 2.10 bits per heavy atom. The van der Waals surface area contributed by atoms with Crippen LogP contribution in [-0.2, 0) is 17.6 Å². The number of piperidine rings is 1. The van der Waals surface area contributed by atoms with Crippen molar-refractivity contribution in [2.45, 2.75) is 43.6 Å². The lowest BCUT2D eigenvalue weighted by molar-refractivity contribution is -0.129. The number of hydrogen-bond acceptors (Lipinski definition) is 4. The van der Waals surface area contributed by atoms with Crippen LogP contribution < -0.4 is 0 Å². The highest BCUT2D eigenvalue weighted by Gasteiger charge is 2.20. The SMILES string of the molecule is N#Cc1cc2c(nc1SCC(=O)N1CCCCC1)CCC2. The molecule has 1 saturated heterocycles. The van der Waals surface area contributed by atoms with Gasteiger partial charge in [-0.05, 0) is 50.2 Å². The van der Waals surface area contributed by atoms with Crippen LogP contribution in [0.4, 0.5) is 0 Å². The smallest absolute Gasteiger partial charge is 0.232 e. The lowest BCUT2D eigenvalue weighted by Gasteiger charge is -2.26. The Labute approximate surface area is 129 Å². The Morgan fingerprint density at radius 1 is 1.29 bits per heavy atom. The first kappa shape index (κ1) is 14.4. The number of carbonyl (C=O) groups is 1. The van der Waals surface area contributed by atoms with E-state index in [-0.39, 0.29) is 5.91 Å². The van der Waals surface area contributed by atoms with Crippen molar-refractivity contribution >= 4 is 17.7 Å². The summed E-state index contributed by atoms with van der Waals surface area (Å²) in [6.07, 6.45) is 6.58. The number of carbonyl (C=O) groups excluding carboxylic acids is 1. The molecular formula is C16H19N3OS. The van der Waals surface area contributed by atoms with Gasteiger partial charge in [-0.3, -0.25) is 4.79 Å². The summed E-state index contributed by atoms with van der Waals surface area (Å²) in [7, 11) is 0. The van der Waals surface area contributed by atoms with Gasteiger partial charge in [-0.2, -0.15) is 5.26 Å². The van der Waals surface area contributed by atoms with E-state index in [4.69, 9.17) is 0 Å². The van der Waals surface area contributed by atoms with Crippen LogP contribution in [0.15, 0.2) is 11.1 Å². The Morgan fingerprint density at radius 3 is 2.86 bits per heavy atom. The molecule has 1 aromatic rings. The number of pyridine rings is 1. The van der Waals surface area contributed by atoms with E-state index in [1.165, 1.54) is 23.7 Å². The number of thioether (sulfide) groups is 1. The molecule has 0 atom stereocenters. The van der Waals surface area contributed by atoms with Gasteiger partial charge in [0.1, 0.15) is 11.1 Å². The van der Waals surface area contributed by atoms with Crippen molar-refractivity contribution in [1.29, 1.82) is 5.26 Å². The van der Waals surface area contributed by atoms with E-state index in [0.717, 1.165) is 55.9 Å². The van der Waals surface area contributed by atoms with Gasteiger partial charge in [0, 0.05) is 18.8 Å². The first-order valence-electron chi connectivity index (χ1n) is 7.61. The van der Waals surface area contributed by atoms with Crippen LogP contribution in [0.25, 0.3) is 0 Å². The maximum atomic E-state index is 12.2. The molecule has 0 aromatic carbocycles.